The third-order valence-corrected chi connectivity index (χ3v) is 7.92. The average Bonchev–Trinajstić information content (AvgIpc) is 3.16. The molecule has 9 nitrogen and oxygen atoms in total. The number of amides is 1. The third kappa shape index (κ3) is 4.46. The molecule has 11 heteroatoms. The summed E-state index contributed by atoms with van der Waals surface area (Å²) in [7, 11) is 0.397. The van der Waals surface area contributed by atoms with Crippen LogP contribution in [0.15, 0.2) is 10.6 Å². The summed E-state index contributed by atoms with van der Waals surface area (Å²) in [6, 6.07) is 0.878. The number of esters is 1. The number of β-lactam (4-membered cyclic amide) rings is 1. The summed E-state index contributed by atoms with van der Waals surface area (Å²) in [5.74, 6) is -0.444. The topological polar surface area (TPSA) is 110 Å². The van der Waals surface area contributed by atoms with Crippen LogP contribution in [-0.4, -0.2) is 68.8 Å². The molecular formula is C17H27N5O4SSi. The highest BCUT2D eigenvalue weighted by Crippen LogP contribution is 2.50. The average molecular weight is 426 g/mol. The van der Waals surface area contributed by atoms with Gasteiger partial charge in [-0.15, -0.1) is 22.0 Å². The van der Waals surface area contributed by atoms with Crippen molar-refractivity contribution in [2.75, 3.05) is 13.2 Å². The van der Waals surface area contributed by atoms with Gasteiger partial charge in [0.05, 0.1) is 26.2 Å². The van der Waals surface area contributed by atoms with Gasteiger partial charge < -0.3 is 9.84 Å². The molecule has 1 amide bonds. The van der Waals surface area contributed by atoms with Gasteiger partial charge in [0.2, 0.25) is 5.91 Å². The predicted octanol–water partition coefficient (Wildman–Crippen LogP) is 1.15. The number of hydrogen-bond donors (Lipinski definition) is 1. The quantitative estimate of drug-likeness (QED) is 0.356. The first-order valence-electron chi connectivity index (χ1n) is 9.45. The zero-order valence-corrected chi connectivity index (χ0v) is 18.5. The number of carbonyl (C=O) groups is 2. The van der Waals surface area contributed by atoms with Crippen molar-refractivity contribution in [3.8, 4) is 0 Å². The monoisotopic (exact) mass is 425 g/mol. The molecular weight excluding hydrogens is 398 g/mol. The summed E-state index contributed by atoms with van der Waals surface area (Å²) in [5.41, 5.74) is 0.354. The molecule has 154 valence electrons. The maximum absolute atomic E-state index is 12.7. The zero-order valence-electron chi connectivity index (χ0n) is 16.7. The molecule has 1 aromatic rings. The molecule has 0 saturated carbocycles. The highest BCUT2D eigenvalue weighted by molar-refractivity contribution is 8.04. The molecule has 2 aliphatic rings. The molecule has 0 bridgehead atoms. The van der Waals surface area contributed by atoms with E-state index in [-0.39, 0.29) is 17.9 Å². The number of aryl methyl sites for hydroxylation is 2. The fourth-order valence-electron chi connectivity index (χ4n) is 3.14. The number of hydrogen-bond acceptors (Lipinski definition) is 8. The molecule has 2 aliphatic heterocycles. The molecule has 0 radical (unpaired) electrons. The number of carbonyl (C=O) groups excluding carboxylic acids is 2. The first-order chi connectivity index (χ1) is 13.2. The van der Waals surface area contributed by atoms with E-state index in [0.29, 0.717) is 31.0 Å². The van der Waals surface area contributed by atoms with Gasteiger partial charge in [-0.25, -0.2) is 4.79 Å². The summed E-state index contributed by atoms with van der Waals surface area (Å²) in [6.45, 7) is 6.83. The van der Waals surface area contributed by atoms with Gasteiger partial charge in [-0.05, 0) is 24.1 Å². The number of allylic oxidation sites excluding steroid dienone is 1. The van der Waals surface area contributed by atoms with Gasteiger partial charge in [-0.1, -0.05) is 19.6 Å². The van der Waals surface area contributed by atoms with E-state index in [9.17, 15) is 14.7 Å². The van der Waals surface area contributed by atoms with Gasteiger partial charge in [-0.3, -0.25) is 9.69 Å². The van der Waals surface area contributed by atoms with Crippen LogP contribution in [0.4, 0.5) is 0 Å². The minimum atomic E-state index is -1.32. The molecule has 28 heavy (non-hydrogen) atoms. The molecule has 1 N–H and O–H groups in total. The summed E-state index contributed by atoms with van der Waals surface area (Å²) in [5, 5.41) is 21.2. The van der Waals surface area contributed by atoms with Crippen molar-refractivity contribution >= 4 is 31.7 Å². The Labute approximate surface area is 169 Å². The van der Waals surface area contributed by atoms with Gasteiger partial charge in [-0.2, -0.15) is 4.80 Å². The lowest BCUT2D eigenvalue weighted by Gasteiger charge is -2.41. The maximum Gasteiger partial charge on any atom is 0.355 e. The molecule has 1 aromatic heterocycles. The van der Waals surface area contributed by atoms with E-state index < -0.39 is 20.0 Å². The van der Waals surface area contributed by atoms with Crippen LogP contribution >= 0.6 is 11.8 Å². The van der Waals surface area contributed by atoms with Crippen molar-refractivity contribution < 1.29 is 19.4 Å². The maximum atomic E-state index is 12.7. The highest BCUT2D eigenvalue weighted by Gasteiger charge is 2.55. The van der Waals surface area contributed by atoms with Crippen molar-refractivity contribution in [1.29, 1.82) is 0 Å². The molecule has 3 heterocycles. The minimum absolute atomic E-state index is 0.206. The van der Waals surface area contributed by atoms with E-state index in [4.69, 9.17) is 4.74 Å². The second kappa shape index (κ2) is 8.33. The Morgan fingerprint density at radius 2 is 2.07 bits per heavy atom. The number of aliphatic hydroxyl groups excluding tert-OH is 1. The molecule has 0 aliphatic carbocycles. The molecule has 0 unspecified atom stereocenters. The van der Waals surface area contributed by atoms with Crippen LogP contribution in [0.3, 0.4) is 0 Å². The van der Waals surface area contributed by atoms with Crippen LogP contribution in [0, 0.1) is 5.92 Å². The Morgan fingerprint density at radius 1 is 1.32 bits per heavy atom. The van der Waals surface area contributed by atoms with Gasteiger partial charge in [0.25, 0.3) is 0 Å². The fraction of sp³-hybridized carbons (Fsp3) is 0.706. The van der Waals surface area contributed by atoms with Gasteiger partial charge in [0.1, 0.15) is 11.1 Å². The van der Waals surface area contributed by atoms with E-state index in [2.05, 4.69) is 35.1 Å². The lowest BCUT2D eigenvalue weighted by Crippen LogP contribution is -2.58. The van der Waals surface area contributed by atoms with Gasteiger partial charge in [0.15, 0.2) is 5.82 Å². The fourth-order valence-corrected chi connectivity index (χ4v) is 5.38. The number of tetrazole rings is 1. The second-order valence-electron chi connectivity index (χ2n) is 8.27. The lowest BCUT2D eigenvalue weighted by atomic mass is 9.98. The number of aliphatic hydroxyl groups is 1. The smallest absolute Gasteiger partial charge is 0.355 e. The summed E-state index contributed by atoms with van der Waals surface area (Å²) < 4.78 is 5.50. The first-order valence-corrected chi connectivity index (χ1v) is 14.0. The molecule has 3 rings (SSSR count). The molecule has 2 atom stereocenters. The Kier molecular flexibility index (Phi) is 6.25. The number of nitrogens with zero attached hydrogens (tertiary/aromatic N) is 5. The SMILES string of the molecule is Cn1nnc(CCCC2=C(C(=O)OCC[Si](C)(C)C)N3C(=O)[C@H](CO)[C@H]3S2)n1. The van der Waals surface area contributed by atoms with E-state index >= 15 is 0 Å². The largest absolute Gasteiger partial charge is 0.461 e. The van der Waals surface area contributed by atoms with Gasteiger partial charge in [0, 0.05) is 19.4 Å². The minimum Gasteiger partial charge on any atom is -0.461 e. The van der Waals surface area contributed by atoms with Crippen molar-refractivity contribution in [2.24, 2.45) is 13.0 Å². The molecule has 1 fully saturated rings. The van der Waals surface area contributed by atoms with E-state index in [0.717, 1.165) is 17.4 Å². The van der Waals surface area contributed by atoms with E-state index in [1.54, 1.807) is 7.05 Å². The molecule has 0 aromatic carbocycles. The number of fused-ring (bicyclic) bond motifs is 1. The number of ether oxygens (including phenoxy) is 1. The van der Waals surface area contributed by atoms with Gasteiger partial charge >= 0.3 is 5.97 Å². The first kappa shape index (κ1) is 21.0. The standard InChI is InChI=1S/C17H27N5O4SSi/c1-21-19-13(18-20-21)7-5-6-12-14(17(25)26-8-9-28(2,3)4)22-15(24)11(10-23)16(22)27-12/h11,16,23H,5-10H2,1-4H3/t11-,16+/m0/s1. The van der Waals surface area contributed by atoms with Crippen molar-refractivity contribution in [3.63, 3.8) is 0 Å². The summed E-state index contributed by atoms with van der Waals surface area (Å²) >= 11 is 1.48. The number of aromatic nitrogens is 4. The Bertz CT molecular complexity index is 791. The van der Waals surface area contributed by atoms with Crippen LogP contribution in [0.25, 0.3) is 0 Å². The molecule has 0 spiro atoms. The van der Waals surface area contributed by atoms with Crippen LogP contribution in [0.1, 0.15) is 18.7 Å². The lowest BCUT2D eigenvalue weighted by molar-refractivity contribution is -0.155. The highest BCUT2D eigenvalue weighted by atomic mass is 32.2. The zero-order chi connectivity index (χ0) is 20.5. The van der Waals surface area contributed by atoms with Crippen molar-refractivity contribution in [1.82, 2.24) is 25.1 Å². The molecule has 1 saturated heterocycles. The van der Waals surface area contributed by atoms with Crippen LogP contribution in [0.2, 0.25) is 25.7 Å². The second-order valence-corrected chi connectivity index (χ2v) is 15.1. The normalized spacial score (nSPS) is 21.8. The Balaban J connectivity index is 1.67. The van der Waals surface area contributed by atoms with Crippen LogP contribution < -0.4 is 0 Å². The summed E-state index contributed by atoms with van der Waals surface area (Å²) in [4.78, 5) is 28.8. The van der Waals surface area contributed by atoms with E-state index in [1.165, 1.54) is 21.5 Å². The Hall–Kier alpha value is -1.72. The Morgan fingerprint density at radius 3 is 2.68 bits per heavy atom. The van der Waals surface area contributed by atoms with Crippen molar-refractivity contribution in [3.05, 3.63) is 16.4 Å². The van der Waals surface area contributed by atoms with E-state index in [1.807, 2.05) is 0 Å². The predicted molar refractivity (Wildman–Crippen MR) is 107 cm³/mol. The van der Waals surface area contributed by atoms with Crippen LogP contribution in [-0.2, 0) is 27.8 Å². The third-order valence-electron chi connectivity index (χ3n) is 4.75. The number of rotatable bonds is 9. The van der Waals surface area contributed by atoms with Crippen molar-refractivity contribution in [2.45, 2.75) is 50.3 Å². The summed E-state index contributed by atoms with van der Waals surface area (Å²) in [6.07, 6.45) is 2.00. The van der Waals surface area contributed by atoms with Crippen LogP contribution in [0.5, 0.6) is 0 Å². The number of thioether (sulfide) groups is 1.